The zero-order valence-electron chi connectivity index (χ0n) is 14.2. The number of nitrogens with zero attached hydrogens (tertiary/aromatic N) is 3. The summed E-state index contributed by atoms with van der Waals surface area (Å²) in [6.45, 7) is 0.179. The monoisotopic (exact) mass is 363 g/mol. The Morgan fingerprint density at radius 3 is 2.77 bits per heavy atom. The van der Waals surface area contributed by atoms with Gasteiger partial charge in [0, 0.05) is 19.8 Å². The van der Waals surface area contributed by atoms with Crippen LogP contribution in [0.5, 0.6) is 0 Å². The molecule has 0 aliphatic carbocycles. The number of benzene rings is 1. The fraction of sp³-hybridized carbons (Fsp3) is 0.353. The van der Waals surface area contributed by atoms with Crippen LogP contribution >= 0.6 is 0 Å². The maximum Gasteiger partial charge on any atom is 0.318 e. The number of aromatic nitrogens is 2. The van der Waals surface area contributed by atoms with E-state index >= 15 is 0 Å². The van der Waals surface area contributed by atoms with Crippen LogP contribution in [-0.4, -0.2) is 39.7 Å². The van der Waals surface area contributed by atoms with Crippen LogP contribution < -0.4 is 10.6 Å². The molecule has 1 unspecified atom stereocenters. The van der Waals surface area contributed by atoms with Crippen LogP contribution in [0.2, 0.25) is 0 Å². The molecule has 1 aromatic carbocycles. The lowest BCUT2D eigenvalue weighted by molar-refractivity contribution is -0.116. The Morgan fingerprint density at radius 1 is 1.38 bits per heavy atom. The smallest absolute Gasteiger partial charge is 0.318 e. The Hall–Kier alpha value is -2.97. The molecule has 3 rings (SSSR count). The second kappa shape index (κ2) is 7.51. The molecule has 138 valence electrons. The van der Waals surface area contributed by atoms with E-state index in [9.17, 15) is 18.4 Å². The lowest BCUT2D eigenvalue weighted by atomic mass is 10.0. The minimum absolute atomic E-state index is 0.0490. The highest BCUT2D eigenvalue weighted by Gasteiger charge is 2.28. The molecule has 1 saturated heterocycles. The fourth-order valence-electron chi connectivity index (χ4n) is 2.91. The van der Waals surface area contributed by atoms with E-state index < -0.39 is 18.0 Å². The predicted molar refractivity (Wildman–Crippen MR) is 90.7 cm³/mol. The number of carbonyl (C=O) groups excluding carboxylic acids is 2. The van der Waals surface area contributed by atoms with E-state index in [1.807, 2.05) is 30.3 Å². The van der Waals surface area contributed by atoms with E-state index in [1.54, 1.807) is 0 Å². The molecular formula is C17H19F2N5O2. The number of halogens is 2. The van der Waals surface area contributed by atoms with E-state index in [0.29, 0.717) is 13.0 Å². The molecule has 3 amide bonds. The Labute approximate surface area is 149 Å². The molecular weight excluding hydrogens is 344 g/mol. The Morgan fingerprint density at radius 2 is 2.12 bits per heavy atom. The third-order valence-corrected chi connectivity index (χ3v) is 4.15. The van der Waals surface area contributed by atoms with Crippen molar-refractivity contribution in [3.05, 3.63) is 47.8 Å². The van der Waals surface area contributed by atoms with Crippen molar-refractivity contribution in [2.45, 2.75) is 18.9 Å². The summed E-state index contributed by atoms with van der Waals surface area (Å²) >= 11 is 0. The number of amides is 3. The number of anilines is 1. The van der Waals surface area contributed by atoms with Gasteiger partial charge in [-0.1, -0.05) is 30.3 Å². The summed E-state index contributed by atoms with van der Waals surface area (Å²) in [5.41, 5.74) is 0.460. The van der Waals surface area contributed by atoms with Gasteiger partial charge in [-0.3, -0.25) is 9.48 Å². The predicted octanol–water partition coefficient (Wildman–Crippen LogP) is 2.45. The molecule has 7 nitrogen and oxygen atoms in total. The highest BCUT2D eigenvalue weighted by atomic mass is 19.3. The average molecular weight is 363 g/mol. The first kappa shape index (κ1) is 17.8. The molecule has 1 aliphatic rings. The molecule has 2 aromatic rings. The van der Waals surface area contributed by atoms with Crippen LogP contribution in [0.1, 0.15) is 30.1 Å². The van der Waals surface area contributed by atoms with Gasteiger partial charge in [-0.05, 0) is 12.0 Å². The normalized spacial score (nSPS) is 17.3. The van der Waals surface area contributed by atoms with Gasteiger partial charge in [-0.15, -0.1) is 0 Å². The van der Waals surface area contributed by atoms with E-state index in [-0.39, 0.29) is 24.3 Å². The summed E-state index contributed by atoms with van der Waals surface area (Å²) < 4.78 is 27.0. The first-order valence-electron chi connectivity index (χ1n) is 8.16. The molecule has 2 N–H and O–H groups in total. The van der Waals surface area contributed by atoms with Gasteiger partial charge in [0.1, 0.15) is 6.54 Å². The number of hydrogen-bond donors (Lipinski definition) is 2. The lowest BCUT2D eigenvalue weighted by Gasteiger charge is -2.32. The standard InChI is InChI=1S/C17H19F2N5O2/c1-23-9-13(15(22-23)16(18)19)20-14(25)10-24-8-7-12(21-17(24)26)11-5-3-2-4-6-11/h2-6,9,12,16H,7-8,10H2,1H3,(H,20,25)(H,21,26). The van der Waals surface area contributed by atoms with Crippen molar-refractivity contribution in [1.29, 1.82) is 0 Å². The molecule has 0 bridgehead atoms. The summed E-state index contributed by atoms with van der Waals surface area (Å²) in [5, 5.41) is 8.88. The number of aryl methyl sites for hydroxylation is 1. The summed E-state index contributed by atoms with van der Waals surface area (Å²) in [4.78, 5) is 25.7. The van der Waals surface area contributed by atoms with Gasteiger partial charge < -0.3 is 15.5 Å². The van der Waals surface area contributed by atoms with Gasteiger partial charge in [0.05, 0.1) is 11.7 Å². The van der Waals surface area contributed by atoms with Crippen molar-refractivity contribution in [2.75, 3.05) is 18.4 Å². The minimum atomic E-state index is -2.79. The third-order valence-electron chi connectivity index (χ3n) is 4.15. The Balaban J connectivity index is 1.58. The molecule has 0 spiro atoms. The summed E-state index contributed by atoms with van der Waals surface area (Å²) in [5.74, 6) is -0.548. The van der Waals surface area contributed by atoms with Crippen molar-refractivity contribution in [3.8, 4) is 0 Å². The third kappa shape index (κ3) is 3.98. The maximum absolute atomic E-state index is 12.9. The van der Waals surface area contributed by atoms with Crippen molar-refractivity contribution in [1.82, 2.24) is 20.0 Å². The van der Waals surface area contributed by atoms with Crippen LogP contribution in [0.15, 0.2) is 36.5 Å². The SMILES string of the molecule is Cn1cc(NC(=O)CN2CCC(c3ccccc3)NC2=O)c(C(F)F)n1. The van der Waals surface area contributed by atoms with Crippen LogP contribution in [-0.2, 0) is 11.8 Å². The van der Waals surface area contributed by atoms with E-state index in [0.717, 1.165) is 5.56 Å². The molecule has 9 heteroatoms. The van der Waals surface area contributed by atoms with E-state index in [4.69, 9.17) is 0 Å². The van der Waals surface area contributed by atoms with Gasteiger partial charge in [0.2, 0.25) is 5.91 Å². The van der Waals surface area contributed by atoms with Crippen LogP contribution in [0.25, 0.3) is 0 Å². The fourth-order valence-corrected chi connectivity index (χ4v) is 2.91. The number of hydrogen-bond acceptors (Lipinski definition) is 3. The summed E-state index contributed by atoms with van der Waals surface area (Å²) in [6.07, 6.45) is -0.837. The molecule has 1 aliphatic heterocycles. The zero-order chi connectivity index (χ0) is 18.7. The first-order chi connectivity index (χ1) is 12.4. The summed E-state index contributed by atoms with van der Waals surface area (Å²) in [7, 11) is 1.49. The van der Waals surface area contributed by atoms with Gasteiger partial charge >= 0.3 is 6.03 Å². The molecule has 1 aromatic heterocycles. The van der Waals surface area contributed by atoms with Crippen LogP contribution in [0, 0.1) is 0 Å². The molecule has 1 atom stereocenters. The van der Waals surface area contributed by atoms with Crippen molar-refractivity contribution in [3.63, 3.8) is 0 Å². The van der Waals surface area contributed by atoms with Crippen LogP contribution in [0.3, 0.4) is 0 Å². The van der Waals surface area contributed by atoms with Gasteiger partial charge in [0.15, 0.2) is 5.69 Å². The largest absolute Gasteiger partial charge is 0.331 e. The molecule has 0 saturated carbocycles. The van der Waals surface area contributed by atoms with Crippen LogP contribution in [0.4, 0.5) is 19.3 Å². The number of carbonyl (C=O) groups is 2. The molecule has 26 heavy (non-hydrogen) atoms. The lowest BCUT2D eigenvalue weighted by Crippen LogP contribution is -2.50. The number of nitrogens with one attached hydrogen (secondary N) is 2. The van der Waals surface area contributed by atoms with Gasteiger partial charge in [0.25, 0.3) is 6.43 Å². The Bertz CT molecular complexity index is 794. The zero-order valence-corrected chi connectivity index (χ0v) is 14.2. The second-order valence-corrected chi connectivity index (χ2v) is 6.07. The highest BCUT2D eigenvalue weighted by molar-refractivity contribution is 5.94. The number of rotatable bonds is 5. The van der Waals surface area contributed by atoms with Gasteiger partial charge in [-0.25, -0.2) is 13.6 Å². The topological polar surface area (TPSA) is 79.3 Å². The summed E-state index contributed by atoms with van der Waals surface area (Å²) in [6, 6.07) is 9.10. The average Bonchev–Trinajstić information content (AvgIpc) is 2.98. The second-order valence-electron chi connectivity index (χ2n) is 6.07. The number of alkyl halides is 2. The van der Waals surface area contributed by atoms with Gasteiger partial charge in [-0.2, -0.15) is 5.10 Å². The first-order valence-corrected chi connectivity index (χ1v) is 8.16. The van der Waals surface area contributed by atoms with Crippen molar-refractivity contribution < 1.29 is 18.4 Å². The molecule has 1 fully saturated rings. The Kier molecular flexibility index (Phi) is 5.15. The molecule has 2 heterocycles. The number of urea groups is 1. The quantitative estimate of drug-likeness (QED) is 0.856. The highest BCUT2D eigenvalue weighted by Crippen LogP contribution is 2.25. The van der Waals surface area contributed by atoms with Crippen molar-refractivity contribution >= 4 is 17.6 Å². The maximum atomic E-state index is 12.9. The van der Waals surface area contributed by atoms with Crippen molar-refractivity contribution in [2.24, 2.45) is 7.05 Å². The minimum Gasteiger partial charge on any atom is -0.331 e. The van der Waals surface area contributed by atoms with E-state index in [2.05, 4.69) is 15.7 Å². The van der Waals surface area contributed by atoms with E-state index in [1.165, 1.54) is 22.8 Å². The molecule has 0 radical (unpaired) electrons.